The van der Waals surface area contributed by atoms with Gasteiger partial charge in [-0.3, -0.25) is 4.79 Å². The first kappa shape index (κ1) is 21.2. The molecule has 0 saturated carbocycles. The molecule has 0 atom stereocenters. The van der Waals surface area contributed by atoms with Gasteiger partial charge in [-0.2, -0.15) is 0 Å². The minimum absolute atomic E-state index is 0.0383. The van der Waals surface area contributed by atoms with Crippen LogP contribution in [0, 0.1) is 11.6 Å². The van der Waals surface area contributed by atoms with Crippen LogP contribution in [0.25, 0.3) is 0 Å². The summed E-state index contributed by atoms with van der Waals surface area (Å²) in [6, 6.07) is 11.2. The highest BCUT2D eigenvalue weighted by Crippen LogP contribution is 2.18. The quantitative estimate of drug-likeness (QED) is 0.475. The summed E-state index contributed by atoms with van der Waals surface area (Å²) in [5.41, 5.74) is 0.259. The van der Waals surface area contributed by atoms with Crippen molar-refractivity contribution in [1.82, 2.24) is 15.6 Å². The molecule has 3 amide bonds. The van der Waals surface area contributed by atoms with E-state index in [0.717, 1.165) is 0 Å². The van der Waals surface area contributed by atoms with Crippen LogP contribution in [0.1, 0.15) is 15.5 Å². The zero-order valence-corrected chi connectivity index (χ0v) is 16.5. The summed E-state index contributed by atoms with van der Waals surface area (Å²) in [6.45, 7) is 0.332. The average molecular weight is 432 g/mol. The summed E-state index contributed by atoms with van der Waals surface area (Å²) in [6.07, 6.45) is 0. The number of rotatable bonds is 8. The van der Waals surface area contributed by atoms with Crippen molar-refractivity contribution in [3.8, 4) is 5.75 Å². The summed E-state index contributed by atoms with van der Waals surface area (Å²) in [5.74, 6) is -1.32. The van der Waals surface area contributed by atoms with E-state index in [0.29, 0.717) is 5.01 Å². The van der Waals surface area contributed by atoms with Gasteiger partial charge in [0.05, 0.1) is 5.69 Å². The van der Waals surface area contributed by atoms with Crippen LogP contribution in [0.2, 0.25) is 0 Å². The molecule has 0 spiro atoms. The number of thiazole rings is 1. The molecule has 0 unspecified atom stereocenters. The fourth-order valence-electron chi connectivity index (χ4n) is 2.35. The Bertz CT molecular complexity index is 1030. The molecule has 0 bridgehead atoms. The van der Waals surface area contributed by atoms with Crippen molar-refractivity contribution in [3.05, 3.63) is 76.2 Å². The summed E-state index contributed by atoms with van der Waals surface area (Å²) >= 11 is 1.22. The smallest absolute Gasteiger partial charge is 0.319 e. The number of aromatic nitrogens is 1. The second kappa shape index (κ2) is 10.3. The number of hydrogen-bond donors (Lipinski definition) is 3. The third kappa shape index (κ3) is 5.98. The van der Waals surface area contributed by atoms with Gasteiger partial charge >= 0.3 is 6.03 Å². The lowest BCUT2D eigenvalue weighted by Gasteiger charge is -2.08. The molecule has 0 aliphatic heterocycles. The maximum Gasteiger partial charge on any atom is 0.319 e. The van der Waals surface area contributed by atoms with E-state index in [1.54, 1.807) is 23.6 Å². The van der Waals surface area contributed by atoms with Gasteiger partial charge in [0.25, 0.3) is 5.91 Å². The third-order valence-electron chi connectivity index (χ3n) is 3.79. The van der Waals surface area contributed by atoms with Crippen LogP contribution in [0.3, 0.4) is 0 Å². The summed E-state index contributed by atoms with van der Waals surface area (Å²) in [7, 11) is 0. The lowest BCUT2D eigenvalue weighted by Crippen LogP contribution is -2.37. The molecule has 7 nitrogen and oxygen atoms in total. The van der Waals surface area contributed by atoms with Crippen LogP contribution < -0.4 is 20.7 Å². The van der Waals surface area contributed by atoms with Crippen LogP contribution in [-0.4, -0.2) is 30.0 Å². The predicted molar refractivity (Wildman–Crippen MR) is 109 cm³/mol. The van der Waals surface area contributed by atoms with E-state index in [1.807, 2.05) is 0 Å². The van der Waals surface area contributed by atoms with Crippen molar-refractivity contribution < 1.29 is 23.1 Å². The van der Waals surface area contributed by atoms with Crippen molar-refractivity contribution >= 4 is 29.0 Å². The van der Waals surface area contributed by atoms with Crippen molar-refractivity contribution in [3.63, 3.8) is 0 Å². The van der Waals surface area contributed by atoms with Crippen molar-refractivity contribution in [1.29, 1.82) is 0 Å². The molecule has 1 heterocycles. The SMILES string of the molecule is O=C(NCCNC(=O)c1csc(COc2ccccc2F)n1)Nc1ccccc1F. The van der Waals surface area contributed by atoms with E-state index in [9.17, 15) is 18.4 Å². The van der Waals surface area contributed by atoms with Gasteiger partial charge in [-0.05, 0) is 24.3 Å². The molecular weight excluding hydrogens is 414 g/mol. The number of nitrogens with one attached hydrogen (secondary N) is 3. The molecule has 30 heavy (non-hydrogen) atoms. The Morgan fingerprint density at radius 1 is 0.967 bits per heavy atom. The topological polar surface area (TPSA) is 92.4 Å². The molecule has 0 fully saturated rings. The Balaban J connectivity index is 1.38. The van der Waals surface area contributed by atoms with Gasteiger partial charge in [0.2, 0.25) is 0 Å². The molecule has 3 N–H and O–H groups in total. The number of benzene rings is 2. The van der Waals surface area contributed by atoms with Crippen LogP contribution in [-0.2, 0) is 6.61 Å². The maximum atomic E-state index is 13.5. The summed E-state index contributed by atoms with van der Waals surface area (Å²) < 4.78 is 32.4. The number of carbonyl (C=O) groups excluding carboxylic acids is 2. The van der Waals surface area contributed by atoms with E-state index in [4.69, 9.17) is 4.74 Å². The van der Waals surface area contributed by atoms with Gasteiger partial charge < -0.3 is 20.7 Å². The molecule has 156 valence electrons. The lowest BCUT2D eigenvalue weighted by molar-refractivity contribution is 0.0949. The van der Waals surface area contributed by atoms with Crippen LogP contribution in [0.5, 0.6) is 5.75 Å². The fraction of sp³-hybridized carbons (Fsp3) is 0.150. The molecule has 0 radical (unpaired) electrons. The normalized spacial score (nSPS) is 10.3. The van der Waals surface area contributed by atoms with Gasteiger partial charge in [-0.1, -0.05) is 24.3 Å². The molecule has 0 aliphatic rings. The van der Waals surface area contributed by atoms with Gasteiger partial charge in [0, 0.05) is 18.5 Å². The highest BCUT2D eigenvalue weighted by molar-refractivity contribution is 7.09. The Morgan fingerprint density at radius 2 is 1.67 bits per heavy atom. The number of amides is 3. The Morgan fingerprint density at radius 3 is 2.43 bits per heavy atom. The first-order valence-corrected chi connectivity index (χ1v) is 9.80. The Labute approximate surface area is 175 Å². The number of nitrogens with zero attached hydrogens (tertiary/aromatic N) is 1. The van der Waals surface area contributed by atoms with Gasteiger partial charge in [-0.25, -0.2) is 18.6 Å². The summed E-state index contributed by atoms with van der Waals surface area (Å²) in [5, 5.41) is 9.58. The Hall–Kier alpha value is -3.53. The highest BCUT2D eigenvalue weighted by Gasteiger charge is 2.12. The molecule has 3 aromatic rings. The van der Waals surface area contributed by atoms with E-state index >= 15 is 0 Å². The standard InChI is InChI=1S/C20H18F2N4O3S/c21-13-5-1-3-7-15(13)26-20(28)24-10-9-23-19(27)16-12-30-18(25-16)11-29-17-8-4-2-6-14(17)22/h1-8,12H,9-11H2,(H,23,27)(H2,24,26,28). The fourth-order valence-corrected chi connectivity index (χ4v) is 3.04. The second-order valence-electron chi connectivity index (χ2n) is 5.96. The first-order chi connectivity index (χ1) is 14.5. The van der Waals surface area contributed by atoms with Crippen molar-refractivity contribution in [2.45, 2.75) is 6.61 Å². The number of halogens is 2. The van der Waals surface area contributed by atoms with Gasteiger partial charge in [0.15, 0.2) is 11.6 Å². The average Bonchev–Trinajstić information content (AvgIpc) is 3.21. The van der Waals surface area contributed by atoms with Crippen molar-refractivity contribution in [2.75, 3.05) is 18.4 Å². The van der Waals surface area contributed by atoms with Gasteiger partial charge in [0.1, 0.15) is 23.1 Å². The molecule has 2 aromatic carbocycles. The van der Waals surface area contributed by atoms with E-state index in [1.165, 1.54) is 41.7 Å². The molecule has 10 heteroatoms. The van der Waals surface area contributed by atoms with E-state index in [2.05, 4.69) is 20.9 Å². The molecular formula is C20H18F2N4O3S. The predicted octanol–water partition coefficient (Wildman–Crippen LogP) is 3.55. The minimum atomic E-state index is -0.587. The number of hydrogen-bond acceptors (Lipinski definition) is 5. The molecule has 1 aromatic heterocycles. The lowest BCUT2D eigenvalue weighted by atomic mass is 10.3. The monoisotopic (exact) mass is 432 g/mol. The van der Waals surface area contributed by atoms with Crippen LogP contribution >= 0.6 is 11.3 Å². The molecule has 3 rings (SSSR count). The molecule has 0 aliphatic carbocycles. The number of ether oxygens (including phenoxy) is 1. The number of anilines is 1. The number of urea groups is 1. The number of para-hydroxylation sites is 2. The number of carbonyl (C=O) groups is 2. The van der Waals surface area contributed by atoms with E-state index < -0.39 is 23.6 Å². The van der Waals surface area contributed by atoms with E-state index in [-0.39, 0.29) is 36.8 Å². The third-order valence-corrected chi connectivity index (χ3v) is 4.61. The first-order valence-electron chi connectivity index (χ1n) is 8.92. The van der Waals surface area contributed by atoms with Crippen LogP contribution in [0.15, 0.2) is 53.9 Å². The Kier molecular flexibility index (Phi) is 7.28. The highest BCUT2D eigenvalue weighted by atomic mass is 32.1. The van der Waals surface area contributed by atoms with Gasteiger partial charge in [-0.15, -0.1) is 11.3 Å². The van der Waals surface area contributed by atoms with Crippen LogP contribution in [0.4, 0.5) is 19.3 Å². The molecule has 0 saturated heterocycles. The van der Waals surface area contributed by atoms with Crippen molar-refractivity contribution in [2.24, 2.45) is 0 Å². The zero-order chi connectivity index (χ0) is 21.3. The zero-order valence-electron chi connectivity index (χ0n) is 15.7. The summed E-state index contributed by atoms with van der Waals surface area (Å²) in [4.78, 5) is 28.0. The minimum Gasteiger partial charge on any atom is -0.483 e. The largest absolute Gasteiger partial charge is 0.483 e. The second-order valence-corrected chi connectivity index (χ2v) is 6.90. The maximum absolute atomic E-state index is 13.5.